The van der Waals surface area contributed by atoms with E-state index in [9.17, 15) is 4.79 Å². The van der Waals surface area contributed by atoms with E-state index in [0.29, 0.717) is 13.0 Å². The lowest BCUT2D eigenvalue weighted by Crippen LogP contribution is -2.24. The second kappa shape index (κ2) is 11.4. The highest BCUT2D eigenvalue weighted by atomic mass is 16.5. The number of amides is 1. The molecule has 0 unspecified atom stereocenters. The Morgan fingerprint density at radius 3 is 2.36 bits per heavy atom. The number of imidazole rings is 1. The molecule has 4 rings (SSSR count). The number of benzene rings is 2. The molecular weight excluding hydrogens is 410 g/mol. The first-order chi connectivity index (χ1) is 16.2. The van der Waals surface area contributed by atoms with Crippen LogP contribution in [0.2, 0.25) is 0 Å². The molecule has 0 aliphatic carbocycles. The van der Waals surface area contributed by atoms with Crippen LogP contribution < -0.4 is 9.64 Å². The lowest BCUT2D eigenvalue weighted by molar-refractivity contribution is -0.117. The van der Waals surface area contributed by atoms with Crippen molar-refractivity contribution in [2.75, 3.05) is 18.6 Å². The van der Waals surface area contributed by atoms with Crippen molar-refractivity contribution in [1.82, 2.24) is 9.55 Å². The number of carbonyl (C=O) groups is 1. The van der Waals surface area contributed by atoms with Crippen LogP contribution in [-0.2, 0) is 11.3 Å². The van der Waals surface area contributed by atoms with Gasteiger partial charge < -0.3 is 14.2 Å². The summed E-state index contributed by atoms with van der Waals surface area (Å²) in [7, 11) is 1.66. The molecule has 3 aromatic rings. The Hall–Kier alpha value is -2.82. The van der Waals surface area contributed by atoms with Crippen molar-refractivity contribution >= 4 is 22.6 Å². The number of para-hydroxylation sites is 2. The van der Waals surface area contributed by atoms with Crippen molar-refractivity contribution in [3.05, 3.63) is 54.4 Å². The molecule has 5 nitrogen and oxygen atoms in total. The number of methoxy groups -OCH3 is 1. The molecule has 0 radical (unpaired) electrons. The first kappa shape index (κ1) is 23.3. The van der Waals surface area contributed by atoms with Crippen LogP contribution in [0, 0.1) is 0 Å². The monoisotopic (exact) mass is 447 g/mol. The molecule has 0 N–H and O–H groups in total. The van der Waals surface area contributed by atoms with Gasteiger partial charge in [-0.2, -0.15) is 0 Å². The number of anilines is 1. The number of hydrogen-bond donors (Lipinski definition) is 0. The van der Waals surface area contributed by atoms with E-state index in [-0.39, 0.29) is 11.8 Å². The zero-order valence-corrected chi connectivity index (χ0v) is 20.1. The normalized spacial score (nSPS) is 16.1. The summed E-state index contributed by atoms with van der Waals surface area (Å²) < 4.78 is 7.64. The largest absolute Gasteiger partial charge is 0.497 e. The van der Waals surface area contributed by atoms with E-state index in [1.807, 2.05) is 35.2 Å². The molecule has 1 fully saturated rings. The predicted octanol–water partition coefficient (Wildman–Crippen LogP) is 6.71. The van der Waals surface area contributed by atoms with Crippen molar-refractivity contribution in [2.45, 2.75) is 77.2 Å². The van der Waals surface area contributed by atoms with Gasteiger partial charge in [0.15, 0.2) is 0 Å². The third-order valence-electron chi connectivity index (χ3n) is 6.79. The number of fused-ring (bicyclic) bond motifs is 1. The molecule has 0 spiro atoms. The van der Waals surface area contributed by atoms with Gasteiger partial charge in [0.25, 0.3) is 0 Å². The van der Waals surface area contributed by atoms with Crippen LogP contribution in [0.4, 0.5) is 5.69 Å². The van der Waals surface area contributed by atoms with E-state index in [1.54, 1.807) is 7.11 Å². The van der Waals surface area contributed by atoms with Gasteiger partial charge >= 0.3 is 0 Å². The summed E-state index contributed by atoms with van der Waals surface area (Å²) >= 11 is 0. The van der Waals surface area contributed by atoms with Gasteiger partial charge in [-0.25, -0.2) is 4.98 Å². The van der Waals surface area contributed by atoms with Gasteiger partial charge in [0, 0.05) is 31.1 Å². The lowest BCUT2D eigenvalue weighted by Gasteiger charge is -2.18. The first-order valence-electron chi connectivity index (χ1n) is 12.6. The zero-order chi connectivity index (χ0) is 23.0. The van der Waals surface area contributed by atoms with Crippen LogP contribution in [0.1, 0.15) is 76.5 Å². The van der Waals surface area contributed by atoms with Gasteiger partial charge in [-0.3, -0.25) is 4.79 Å². The third-order valence-corrected chi connectivity index (χ3v) is 6.79. The maximum Gasteiger partial charge on any atom is 0.227 e. The van der Waals surface area contributed by atoms with Crippen molar-refractivity contribution in [3.8, 4) is 5.75 Å². The van der Waals surface area contributed by atoms with E-state index in [1.165, 1.54) is 50.5 Å². The molecular formula is C28H37N3O2. The smallest absolute Gasteiger partial charge is 0.227 e. The van der Waals surface area contributed by atoms with Gasteiger partial charge in [0.1, 0.15) is 11.6 Å². The number of unbranched alkanes of at least 4 members (excludes halogenated alkanes) is 7. The van der Waals surface area contributed by atoms with Crippen molar-refractivity contribution in [2.24, 2.45) is 0 Å². The molecule has 1 amide bonds. The second-order valence-corrected chi connectivity index (χ2v) is 9.19. The average molecular weight is 448 g/mol. The summed E-state index contributed by atoms with van der Waals surface area (Å²) in [6, 6.07) is 16.1. The summed E-state index contributed by atoms with van der Waals surface area (Å²) in [5.74, 6) is 2.13. The molecule has 1 aromatic heterocycles. The van der Waals surface area contributed by atoms with Gasteiger partial charge in [-0.05, 0) is 42.8 Å². The second-order valence-electron chi connectivity index (χ2n) is 9.19. The van der Waals surface area contributed by atoms with E-state index in [2.05, 4.69) is 29.7 Å². The molecule has 2 heterocycles. The van der Waals surface area contributed by atoms with Crippen LogP contribution in [0.5, 0.6) is 5.75 Å². The molecule has 1 atom stereocenters. The minimum Gasteiger partial charge on any atom is -0.497 e. The maximum absolute atomic E-state index is 12.9. The van der Waals surface area contributed by atoms with E-state index >= 15 is 0 Å². The molecule has 0 saturated carbocycles. The molecule has 0 bridgehead atoms. The molecule has 176 valence electrons. The van der Waals surface area contributed by atoms with Crippen LogP contribution in [0.15, 0.2) is 48.5 Å². The fraction of sp³-hybridized carbons (Fsp3) is 0.500. The highest BCUT2D eigenvalue weighted by Crippen LogP contribution is 2.34. The summed E-state index contributed by atoms with van der Waals surface area (Å²) in [6.07, 6.45) is 10.9. The number of aromatic nitrogens is 2. The SMILES string of the molecule is CCCCCCCCCCn1c([C@H]2CC(=O)N(c3ccc(OC)cc3)C2)nc2ccccc21. The fourth-order valence-electron chi connectivity index (χ4n) is 4.94. The molecule has 2 aromatic carbocycles. The first-order valence-corrected chi connectivity index (χ1v) is 12.6. The Morgan fingerprint density at radius 2 is 1.64 bits per heavy atom. The Kier molecular flexibility index (Phi) is 8.03. The minimum absolute atomic E-state index is 0.112. The maximum atomic E-state index is 12.9. The topological polar surface area (TPSA) is 47.4 Å². The number of ether oxygens (including phenoxy) is 1. The van der Waals surface area contributed by atoms with Crippen LogP contribution >= 0.6 is 0 Å². The van der Waals surface area contributed by atoms with Crippen molar-refractivity contribution < 1.29 is 9.53 Å². The summed E-state index contributed by atoms with van der Waals surface area (Å²) in [6.45, 7) is 3.91. The standard InChI is InChI=1S/C28H37N3O2/c1-3-4-5-6-7-8-9-12-19-30-26-14-11-10-13-25(26)29-28(30)22-20-27(32)31(21-22)23-15-17-24(33-2)18-16-23/h10-11,13-18,22H,3-9,12,19-21H2,1-2H3/t22-/m0/s1. The quantitative estimate of drug-likeness (QED) is 0.290. The number of rotatable bonds is 12. The van der Waals surface area contributed by atoms with Gasteiger partial charge in [0.2, 0.25) is 5.91 Å². The van der Waals surface area contributed by atoms with Gasteiger partial charge in [-0.15, -0.1) is 0 Å². The predicted molar refractivity (Wildman–Crippen MR) is 135 cm³/mol. The van der Waals surface area contributed by atoms with Crippen molar-refractivity contribution in [1.29, 1.82) is 0 Å². The lowest BCUT2D eigenvalue weighted by atomic mass is 10.1. The average Bonchev–Trinajstić information content (AvgIpc) is 3.41. The summed E-state index contributed by atoms with van der Waals surface area (Å²) in [5, 5.41) is 0. The summed E-state index contributed by atoms with van der Waals surface area (Å²) in [4.78, 5) is 19.8. The zero-order valence-electron chi connectivity index (χ0n) is 20.1. The Labute approximate surface area is 197 Å². The number of nitrogens with zero attached hydrogens (tertiary/aromatic N) is 3. The molecule has 33 heavy (non-hydrogen) atoms. The van der Waals surface area contributed by atoms with E-state index < -0.39 is 0 Å². The molecule has 1 aliphatic heterocycles. The van der Waals surface area contributed by atoms with Crippen LogP contribution in [0.25, 0.3) is 11.0 Å². The fourth-order valence-corrected chi connectivity index (χ4v) is 4.94. The van der Waals surface area contributed by atoms with E-state index in [4.69, 9.17) is 9.72 Å². The van der Waals surface area contributed by atoms with Crippen LogP contribution in [-0.4, -0.2) is 29.1 Å². The Bertz CT molecular complexity index is 1040. The molecule has 1 saturated heterocycles. The number of aryl methyl sites for hydroxylation is 1. The number of carbonyl (C=O) groups excluding carboxylic acids is 1. The minimum atomic E-state index is 0.112. The van der Waals surface area contributed by atoms with Gasteiger partial charge in [-0.1, -0.05) is 64.0 Å². The Morgan fingerprint density at radius 1 is 0.939 bits per heavy atom. The highest BCUT2D eigenvalue weighted by Gasteiger charge is 2.34. The van der Waals surface area contributed by atoms with Gasteiger partial charge in [0.05, 0.1) is 18.1 Å². The molecule has 1 aliphatic rings. The highest BCUT2D eigenvalue weighted by molar-refractivity contribution is 5.96. The molecule has 5 heteroatoms. The van der Waals surface area contributed by atoms with Crippen LogP contribution in [0.3, 0.4) is 0 Å². The van der Waals surface area contributed by atoms with E-state index in [0.717, 1.165) is 35.7 Å². The number of hydrogen-bond acceptors (Lipinski definition) is 3. The summed E-state index contributed by atoms with van der Waals surface area (Å²) in [5.41, 5.74) is 3.14. The third kappa shape index (κ3) is 5.58. The van der Waals surface area contributed by atoms with Crippen molar-refractivity contribution in [3.63, 3.8) is 0 Å². The Balaban J connectivity index is 1.44.